The van der Waals surface area contributed by atoms with Gasteiger partial charge in [0.15, 0.2) is 11.7 Å². The second-order valence-electron chi connectivity index (χ2n) is 6.17. The first-order chi connectivity index (χ1) is 14.8. The van der Waals surface area contributed by atoms with Gasteiger partial charge in [-0.3, -0.25) is 25.8 Å². The second kappa shape index (κ2) is 12.6. The van der Waals surface area contributed by atoms with Gasteiger partial charge in [0.25, 0.3) is 11.8 Å². The molecular weight excluding hydrogens is 554 g/mol. The summed E-state index contributed by atoms with van der Waals surface area (Å²) in [6.45, 7) is 2.56. The van der Waals surface area contributed by atoms with Crippen molar-refractivity contribution >= 4 is 61.0 Å². The Hall–Kier alpha value is -2.21. The van der Waals surface area contributed by atoms with Gasteiger partial charge < -0.3 is 14.2 Å². The molecule has 0 saturated carbocycles. The minimum atomic E-state index is -0.468. The van der Waals surface area contributed by atoms with Gasteiger partial charge in [-0.05, 0) is 86.9 Å². The summed E-state index contributed by atoms with van der Waals surface area (Å²) < 4.78 is 17.3. The van der Waals surface area contributed by atoms with E-state index in [1.165, 1.54) is 0 Å². The molecule has 0 aliphatic carbocycles. The van der Waals surface area contributed by atoms with Crippen molar-refractivity contribution in [3.05, 3.63) is 56.5 Å². The fourth-order valence-corrected chi connectivity index (χ4v) is 3.47. The lowest BCUT2D eigenvalue weighted by molar-refractivity contribution is -0.123. The van der Waals surface area contributed by atoms with Gasteiger partial charge in [-0.2, -0.15) is 0 Å². The SMILES string of the molecule is COCCOc1ccc(C(=O)NC(=S)NNC(=O)COc2ccc(C)cc2Br)cc1Br. The first-order valence-corrected chi connectivity index (χ1v) is 11.0. The summed E-state index contributed by atoms with van der Waals surface area (Å²) in [6.07, 6.45) is 0. The van der Waals surface area contributed by atoms with E-state index in [1.54, 1.807) is 31.4 Å². The molecule has 0 aliphatic rings. The molecule has 2 rings (SSSR count). The van der Waals surface area contributed by atoms with Gasteiger partial charge in [0.05, 0.1) is 15.6 Å². The molecule has 0 unspecified atom stereocenters. The van der Waals surface area contributed by atoms with E-state index in [2.05, 4.69) is 48.0 Å². The lowest BCUT2D eigenvalue weighted by atomic mass is 10.2. The van der Waals surface area contributed by atoms with Crippen molar-refractivity contribution < 1.29 is 23.8 Å². The van der Waals surface area contributed by atoms with E-state index >= 15 is 0 Å². The van der Waals surface area contributed by atoms with E-state index in [0.717, 1.165) is 10.0 Å². The van der Waals surface area contributed by atoms with Crippen LogP contribution in [0.25, 0.3) is 0 Å². The Labute approximate surface area is 202 Å². The van der Waals surface area contributed by atoms with Crippen LogP contribution in [0.3, 0.4) is 0 Å². The van der Waals surface area contributed by atoms with Gasteiger partial charge in [-0.15, -0.1) is 0 Å². The van der Waals surface area contributed by atoms with Crippen LogP contribution in [0.1, 0.15) is 15.9 Å². The van der Waals surface area contributed by atoms with Crippen molar-refractivity contribution in [3.63, 3.8) is 0 Å². The van der Waals surface area contributed by atoms with E-state index < -0.39 is 11.8 Å². The van der Waals surface area contributed by atoms with Crippen LogP contribution >= 0.6 is 44.1 Å². The average molecular weight is 575 g/mol. The maximum atomic E-state index is 12.3. The maximum Gasteiger partial charge on any atom is 0.276 e. The number of aryl methyl sites for hydroxylation is 1. The number of hydrazine groups is 1. The third-order valence-electron chi connectivity index (χ3n) is 3.73. The molecule has 0 aromatic heterocycles. The first kappa shape index (κ1) is 25.1. The Balaban J connectivity index is 1.77. The summed E-state index contributed by atoms with van der Waals surface area (Å²) in [5, 5.41) is 2.41. The van der Waals surface area contributed by atoms with Crippen molar-refractivity contribution in [2.75, 3.05) is 26.9 Å². The molecule has 2 aromatic rings. The predicted octanol–water partition coefficient (Wildman–Crippen LogP) is 3.26. The zero-order valence-electron chi connectivity index (χ0n) is 16.8. The molecule has 0 fully saturated rings. The van der Waals surface area contributed by atoms with E-state index in [0.29, 0.717) is 34.7 Å². The van der Waals surface area contributed by atoms with Gasteiger partial charge in [-0.1, -0.05) is 6.07 Å². The number of benzene rings is 2. The molecule has 0 bridgehead atoms. The summed E-state index contributed by atoms with van der Waals surface area (Å²) in [6, 6.07) is 10.4. The topological polar surface area (TPSA) is 97.9 Å². The van der Waals surface area contributed by atoms with Crippen LogP contribution in [0, 0.1) is 6.92 Å². The van der Waals surface area contributed by atoms with E-state index in [4.69, 9.17) is 26.4 Å². The van der Waals surface area contributed by atoms with Crippen molar-refractivity contribution in [2.24, 2.45) is 0 Å². The third kappa shape index (κ3) is 8.44. The lowest BCUT2D eigenvalue weighted by Gasteiger charge is -2.13. The number of amides is 2. The van der Waals surface area contributed by atoms with Gasteiger partial charge in [0, 0.05) is 12.7 Å². The van der Waals surface area contributed by atoms with Gasteiger partial charge in [0.1, 0.15) is 18.1 Å². The van der Waals surface area contributed by atoms with Crippen LogP contribution in [0.5, 0.6) is 11.5 Å². The van der Waals surface area contributed by atoms with Gasteiger partial charge in [0.2, 0.25) is 0 Å². The molecule has 2 amide bonds. The fourth-order valence-electron chi connectivity index (χ4n) is 2.23. The molecule has 0 spiro atoms. The largest absolute Gasteiger partial charge is 0.490 e. The van der Waals surface area contributed by atoms with Crippen LogP contribution in [-0.2, 0) is 9.53 Å². The number of nitrogens with one attached hydrogen (secondary N) is 3. The molecule has 0 saturated heterocycles. The number of carbonyl (C=O) groups excluding carboxylic acids is 2. The lowest BCUT2D eigenvalue weighted by Crippen LogP contribution is -2.49. The average Bonchev–Trinajstić information content (AvgIpc) is 2.72. The highest BCUT2D eigenvalue weighted by Crippen LogP contribution is 2.26. The number of carbonyl (C=O) groups is 2. The number of ether oxygens (including phenoxy) is 3. The highest BCUT2D eigenvalue weighted by atomic mass is 79.9. The standard InChI is InChI=1S/C20H21Br2N3O5S/c1-12-3-5-17(14(21)9-12)30-11-18(26)24-25-20(31)23-19(27)13-4-6-16(15(22)10-13)29-8-7-28-2/h3-6,9-10H,7-8,11H2,1-2H3,(H,24,26)(H2,23,25,27,31). The molecule has 166 valence electrons. The monoisotopic (exact) mass is 573 g/mol. The molecule has 0 heterocycles. The Morgan fingerprint density at radius 3 is 2.32 bits per heavy atom. The normalized spacial score (nSPS) is 10.2. The number of rotatable bonds is 8. The highest BCUT2D eigenvalue weighted by Gasteiger charge is 2.12. The highest BCUT2D eigenvalue weighted by molar-refractivity contribution is 9.10. The number of thiocarbonyl (C=S) groups is 1. The molecule has 31 heavy (non-hydrogen) atoms. The molecule has 11 heteroatoms. The van der Waals surface area contributed by atoms with Crippen LogP contribution in [0.4, 0.5) is 0 Å². The number of hydrogen-bond donors (Lipinski definition) is 3. The van der Waals surface area contributed by atoms with Crippen molar-refractivity contribution in [2.45, 2.75) is 6.92 Å². The van der Waals surface area contributed by atoms with Crippen LogP contribution < -0.4 is 25.6 Å². The fraction of sp³-hybridized carbons (Fsp3) is 0.250. The maximum absolute atomic E-state index is 12.3. The Kier molecular flexibility index (Phi) is 10.2. The Morgan fingerprint density at radius 1 is 0.968 bits per heavy atom. The zero-order valence-corrected chi connectivity index (χ0v) is 20.8. The molecule has 8 nitrogen and oxygen atoms in total. The third-order valence-corrected chi connectivity index (χ3v) is 5.17. The van der Waals surface area contributed by atoms with Crippen molar-refractivity contribution in [3.8, 4) is 11.5 Å². The predicted molar refractivity (Wildman–Crippen MR) is 127 cm³/mol. The van der Waals surface area contributed by atoms with Crippen molar-refractivity contribution in [1.82, 2.24) is 16.2 Å². The van der Waals surface area contributed by atoms with E-state index in [-0.39, 0.29) is 11.7 Å². The minimum absolute atomic E-state index is 0.0635. The summed E-state index contributed by atoms with van der Waals surface area (Å²) in [4.78, 5) is 24.3. The van der Waals surface area contributed by atoms with Crippen molar-refractivity contribution in [1.29, 1.82) is 0 Å². The molecule has 2 aromatic carbocycles. The van der Waals surface area contributed by atoms with E-state index in [1.807, 2.05) is 19.1 Å². The van der Waals surface area contributed by atoms with Gasteiger partial charge in [-0.25, -0.2) is 0 Å². The van der Waals surface area contributed by atoms with E-state index in [9.17, 15) is 9.59 Å². The smallest absolute Gasteiger partial charge is 0.276 e. The summed E-state index contributed by atoms with van der Waals surface area (Å²) >= 11 is 11.8. The molecular formula is C20H21Br2N3O5S. The summed E-state index contributed by atoms with van der Waals surface area (Å²) in [7, 11) is 1.58. The minimum Gasteiger partial charge on any atom is -0.490 e. The summed E-state index contributed by atoms with van der Waals surface area (Å²) in [5.41, 5.74) is 6.24. The number of methoxy groups -OCH3 is 1. The zero-order chi connectivity index (χ0) is 22.8. The van der Waals surface area contributed by atoms with Gasteiger partial charge >= 0.3 is 0 Å². The number of hydrogen-bond acceptors (Lipinski definition) is 6. The molecule has 0 radical (unpaired) electrons. The van der Waals surface area contributed by atoms with Crippen LogP contribution in [0.2, 0.25) is 0 Å². The van der Waals surface area contributed by atoms with Crippen LogP contribution in [-0.4, -0.2) is 43.9 Å². The second-order valence-corrected chi connectivity index (χ2v) is 8.28. The van der Waals surface area contributed by atoms with Crippen LogP contribution in [0.15, 0.2) is 45.3 Å². The Morgan fingerprint density at radius 2 is 1.65 bits per heavy atom. The molecule has 0 aliphatic heterocycles. The Bertz CT molecular complexity index is 958. The quantitative estimate of drug-likeness (QED) is 0.253. The molecule has 0 atom stereocenters. The first-order valence-electron chi connectivity index (χ1n) is 9.00. The summed E-state index contributed by atoms with van der Waals surface area (Å²) in [5.74, 6) is 0.207. The molecule has 3 N–H and O–H groups in total. The number of halogens is 2.